The topological polar surface area (TPSA) is 38.2 Å². The summed E-state index contributed by atoms with van der Waals surface area (Å²) in [6.45, 7) is 3.55. The van der Waals surface area contributed by atoms with Crippen molar-refractivity contribution in [3.63, 3.8) is 0 Å². The van der Waals surface area contributed by atoms with Crippen molar-refractivity contribution in [3.05, 3.63) is 18.0 Å². The predicted octanol–water partition coefficient (Wildman–Crippen LogP) is 0.620. The lowest BCUT2D eigenvalue weighted by Gasteiger charge is -2.34. The van der Waals surface area contributed by atoms with Crippen LogP contribution in [0.1, 0.15) is 5.56 Å². The molecule has 0 radical (unpaired) electrons. The molecule has 1 saturated heterocycles. The van der Waals surface area contributed by atoms with Crippen molar-refractivity contribution in [2.45, 2.75) is 13.0 Å². The summed E-state index contributed by atoms with van der Waals surface area (Å²) < 4.78 is 5.10. The van der Waals surface area contributed by atoms with Crippen molar-refractivity contribution >= 4 is 5.95 Å². The fourth-order valence-corrected chi connectivity index (χ4v) is 1.18. The van der Waals surface area contributed by atoms with Crippen LogP contribution in [-0.4, -0.2) is 36.3 Å². The molecule has 1 aromatic heterocycles. The van der Waals surface area contributed by atoms with E-state index in [0.29, 0.717) is 6.04 Å². The normalized spacial score (nSPS) is 16.8. The van der Waals surface area contributed by atoms with Gasteiger partial charge in [-0.1, -0.05) is 0 Å². The van der Waals surface area contributed by atoms with Crippen LogP contribution in [0.4, 0.5) is 5.95 Å². The van der Waals surface area contributed by atoms with Crippen molar-refractivity contribution in [1.82, 2.24) is 9.97 Å². The maximum atomic E-state index is 5.10. The van der Waals surface area contributed by atoms with Gasteiger partial charge in [0.15, 0.2) is 0 Å². The lowest BCUT2D eigenvalue weighted by Crippen LogP contribution is -2.47. The second-order valence-electron chi connectivity index (χ2n) is 3.36. The first-order valence-corrected chi connectivity index (χ1v) is 4.36. The van der Waals surface area contributed by atoms with E-state index >= 15 is 0 Å². The highest BCUT2D eigenvalue weighted by molar-refractivity contribution is 5.30. The van der Waals surface area contributed by atoms with Crippen molar-refractivity contribution in [3.8, 4) is 0 Å². The van der Waals surface area contributed by atoms with Gasteiger partial charge in [0.05, 0.1) is 19.3 Å². The van der Waals surface area contributed by atoms with Crippen LogP contribution in [0.2, 0.25) is 0 Å². The molecule has 1 fully saturated rings. The van der Waals surface area contributed by atoms with E-state index < -0.39 is 0 Å². The van der Waals surface area contributed by atoms with E-state index in [1.807, 2.05) is 26.4 Å². The van der Waals surface area contributed by atoms with Crippen LogP contribution in [0.3, 0.4) is 0 Å². The minimum atomic E-state index is 0.447. The molecule has 0 aliphatic carbocycles. The minimum Gasteiger partial charge on any atom is -0.377 e. The Kier molecular flexibility index (Phi) is 2.14. The predicted molar refractivity (Wildman–Crippen MR) is 49.8 cm³/mol. The summed E-state index contributed by atoms with van der Waals surface area (Å²) in [4.78, 5) is 10.5. The molecular weight excluding hydrogens is 166 g/mol. The van der Waals surface area contributed by atoms with Gasteiger partial charge in [-0.25, -0.2) is 9.97 Å². The highest BCUT2D eigenvalue weighted by atomic mass is 16.5. The van der Waals surface area contributed by atoms with Gasteiger partial charge in [0.1, 0.15) is 0 Å². The SMILES string of the molecule is Cc1cnc(N(C)C2COC2)nc1. The average Bonchev–Trinajstić information content (AvgIpc) is 2.02. The van der Waals surface area contributed by atoms with E-state index in [1.54, 1.807) is 0 Å². The number of likely N-dealkylation sites (N-methyl/N-ethyl adjacent to an activating group) is 1. The largest absolute Gasteiger partial charge is 0.377 e. The van der Waals surface area contributed by atoms with Crippen molar-refractivity contribution < 1.29 is 4.74 Å². The number of aryl methyl sites for hydroxylation is 1. The molecule has 0 spiro atoms. The second-order valence-corrected chi connectivity index (χ2v) is 3.36. The van der Waals surface area contributed by atoms with E-state index in [0.717, 1.165) is 24.7 Å². The second kappa shape index (κ2) is 3.30. The summed E-state index contributed by atoms with van der Waals surface area (Å²) in [7, 11) is 2.00. The first-order valence-electron chi connectivity index (χ1n) is 4.36. The zero-order valence-electron chi connectivity index (χ0n) is 7.90. The van der Waals surface area contributed by atoms with Crippen LogP contribution < -0.4 is 4.90 Å². The van der Waals surface area contributed by atoms with E-state index in [1.165, 1.54) is 0 Å². The molecule has 1 aromatic rings. The van der Waals surface area contributed by atoms with E-state index in [2.05, 4.69) is 14.9 Å². The van der Waals surface area contributed by atoms with Crippen LogP contribution in [0.15, 0.2) is 12.4 Å². The zero-order valence-corrected chi connectivity index (χ0v) is 7.90. The Hall–Kier alpha value is -1.16. The third-order valence-electron chi connectivity index (χ3n) is 2.25. The molecule has 0 aromatic carbocycles. The molecular formula is C9H13N3O. The smallest absolute Gasteiger partial charge is 0.225 e. The minimum absolute atomic E-state index is 0.447. The van der Waals surface area contributed by atoms with Crippen LogP contribution >= 0.6 is 0 Å². The van der Waals surface area contributed by atoms with Crippen molar-refractivity contribution in [1.29, 1.82) is 0 Å². The highest BCUT2D eigenvalue weighted by Crippen LogP contribution is 2.14. The van der Waals surface area contributed by atoms with Crippen LogP contribution in [-0.2, 0) is 4.74 Å². The number of rotatable bonds is 2. The molecule has 0 saturated carbocycles. The Labute approximate surface area is 77.6 Å². The summed E-state index contributed by atoms with van der Waals surface area (Å²) >= 11 is 0. The quantitative estimate of drug-likeness (QED) is 0.667. The summed E-state index contributed by atoms with van der Waals surface area (Å²) in [5.41, 5.74) is 1.09. The fourth-order valence-electron chi connectivity index (χ4n) is 1.18. The van der Waals surface area contributed by atoms with Crippen molar-refractivity contribution in [2.75, 3.05) is 25.2 Å². The Morgan fingerprint density at radius 2 is 2.00 bits per heavy atom. The molecule has 1 aliphatic rings. The first kappa shape index (κ1) is 8.44. The molecule has 4 nitrogen and oxygen atoms in total. The molecule has 0 atom stereocenters. The van der Waals surface area contributed by atoms with Gasteiger partial charge in [0.2, 0.25) is 5.95 Å². The summed E-state index contributed by atoms with van der Waals surface area (Å²) in [5.74, 6) is 0.777. The summed E-state index contributed by atoms with van der Waals surface area (Å²) in [5, 5.41) is 0. The van der Waals surface area contributed by atoms with Crippen LogP contribution in [0.5, 0.6) is 0 Å². The maximum Gasteiger partial charge on any atom is 0.225 e. The van der Waals surface area contributed by atoms with Crippen molar-refractivity contribution in [2.24, 2.45) is 0 Å². The molecule has 0 N–H and O–H groups in total. The first-order chi connectivity index (χ1) is 6.27. The third-order valence-corrected chi connectivity index (χ3v) is 2.25. The fraction of sp³-hybridized carbons (Fsp3) is 0.556. The van der Waals surface area contributed by atoms with Gasteiger partial charge in [-0.3, -0.25) is 0 Å². The number of nitrogens with zero attached hydrogens (tertiary/aromatic N) is 3. The molecule has 0 bridgehead atoms. The van der Waals surface area contributed by atoms with Gasteiger partial charge in [0.25, 0.3) is 0 Å². The van der Waals surface area contributed by atoms with Gasteiger partial charge >= 0.3 is 0 Å². The van der Waals surface area contributed by atoms with E-state index in [-0.39, 0.29) is 0 Å². The van der Waals surface area contributed by atoms with Gasteiger partial charge in [-0.05, 0) is 12.5 Å². The zero-order chi connectivity index (χ0) is 9.26. The van der Waals surface area contributed by atoms with Gasteiger partial charge in [0, 0.05) is 19.4 Å². The Balaban J connectivity index is 2.10. The molecule has 2 rings (SSSR count). The average molecular weight is 179 g/mol. The molecule has 4 heteroatoms. The maximum absolute atomic E-state index is 5.10. The number of aromatic nitrogens is 2. The number of hydrogen-bond donors (Lipinski definition) is 0. The number of hydrogen-bond acceptors (Lipinski definition) is 4. The van der Waals surface area contributed by atoms with Gasteiger partial charge in [-0.15, -0.1) is 0 Å². The Bertz CT molecular complexity index is 281. The molecule has 0 amide bonds. The third kappa shape index (κ3) is 1.62. The van der Waals surface area contributed by atoms with E-state index in [9.17, 15) is 0 Å². The number of ether oxygens (including phenoxy) is 1. The number of anilines is 1. The molecule has 1 aliphatic heterocycles. The Morgan fingerprint density at radius 1 is 1.38 bits per heavy atom. The Morgan fingerprint density at radius 3 is 2.46 bits per heavy atom. The molecule has 2 heterocycles. The van der Waals surface area contributed by atoms with E-state index in [4.69, 9.17) is 4.74 Å². The van der Waals surface area contributed by atoms with Crippen LogP contribution in [0, 0.1) is 6.92 Å². The summed E-state index contributed by atoms with van der Waals surface area (Å²) in [6.07, 6.45) is 3.66. The van der Waals surface area contributed by atoms with Crippen LogP contribution in [0.25, 0.3) is 0 Å². The summed E-state index contributed by atoms with van der Waals surface area (Å²) in [6, 6.07) is 0.447. The van der Waals surface area contributed by atoms with Gasteiger partial charge < -0.3 is 9.64 Å². The highest BCUT2D eigenvalue weighted by Gasteiger charge is 2.24. The molecule has 13 heavy (non-hydrogen) atoms. The standard InChI is InChI=1S/C9H13N3O/c1-7-3-10-9(11-4-7)12(2)8-5-13-6-8/h3-4,8H,5-6H2,1-2H3. The molecule has 0 unspecified atom stereocenters. The lowest BCUT2D eigenvalue weighted by atomic mass is 10.2. The lowest BCUT2D eigenvalue weighted by molar-refractivity contribution is 0.00960. The van der Waals surface area contributed by atoms with Gasteiger partial charge in [-0.2, -0.15) is 0 Å². The monoisotopic (exact) mass is 179 g/mol. The molecule has 70 valence electrons.